The molecule has 1 saturated heterocycles. The Labute approximate surface area is 235 Å². The van der Waals surface area contributed by atoms with Crippen molar-refractivity contribution >= 4 is 34.8 Å². The number of benzene rings is 2. The molecule has 206 valence electrons. The van der Waals surface area contributed by atoms with Gasteiger partial charge in [0.25, 0.3) is 0 Å². The third kappa shape index (κ3) is 5.02. The van der Waals surface area contributed by atoms with Crippen molar-refractivity contribution in [1.82, 2.24) is 29.8 Å². The smallest absolute Gasteiger partial charge is 0.164 e. The Bertz CT molecular complexity index is 1530. The molecule has 0 amide bonds. The Balaban J connectivity index is 1.56. The highest BCUT2D eigenvalue weighted by molar-refractivity contribution is 6.42. The van der Waals surface area contributed by atoms with E-state index in [2.05, 4.69) is 20.4 Å². The SMILES string of the molecule is Cc1nc([C@@H]2O[C@H](CO)[C@H](O)[C@H](n3cc(-c4cc(F)c(Cl)c(F)c4)nn3)[C@H]2O)n(-c2cc(Cl)c(Cl)cc2C)n1. The van der Waals surface area contributed by atoms with Crippen LogP contribution in [0.5, 0.6) is 0 Å². The van der Waals surface area contributed by atoms with Crippen LogP contribution in [0.4, 0.5) is 8.78 Å². The first-order chi connectivity index (χ1) is 18.5. The molecular weight excluding hydrogens is 581 g/mol. The van der Waals surface area contributed by atoms with Crippen LogP contribution in [0.15, 0.2) is 30.5 Å². The fourth-order valence-corrected chi connectivity index (χ4v) is 5.03. The van der Waals surface area contributed by atoms with Crippen molar-refractivity contribution in [2.75, 3.05) is 6.61 Å². The van der Waals surface area contributed by atoms with Crippen LogP contribution in [0.1, 0.15) is 29.4 Å². The van der Waals surface area contributed by atoms with E-state index >= 15 is 0 Å². The van der Waals surface area contributed by atoms with E-state index < -0.39 is 53.7 Å². The number of halogens is 5. The second kappa shape index (κ2) is 10.7. The van der Waals surface area contributed by atoms with Gasteiger partial charge in [-0.3, -0.25) is 0 Å². The summed E-state index contributed by atoms with van der Waals surface area (Å²) in [4.78, 5) is 4.44. The molecule has 2 aromatic heterocycles. The van der Waals surface area contributed by atoms with E-state index in [1.54, 1.807) is 26.0 Å². The van der Waals surface area contributed by atoms with Gasteiger partial charge in [-0.15, -0.1) is 5.10 Å². The summed E-state index contributed by atoms with van der Waals surface area (Å²) in [7, 11) is 0. The highest BCUT2D eigenvalue weighted by Gasteiger charge is 2.48. The number of ether oxygens (including phenoxy) is 1. The van der Waals surface area contributed by atoms with E-state index in [1.165, 1.54) is 10.9 Å². The molecule has 0 spiro atoms. The highest BCUT2D eigenvalue weighted by Crippen LogP contribution is 2.39. The quantitative estimate of drug-likeness (QED) is 0.295. The van der Waals surface area contributed by atoms with E-state index in [0.717, 1.165) is 16.8 Å². The Morgan fingerprint density at radius 1 is 1.00 bits per heavy atom. The van der Waals surface area contributed by atoms with E-state index in [4.69, 9.17) is 39.5 Å². The lowest BCUT2D eigenvalue weighted by Gasteiger charge is -2.41. The van der Waals surface area contributed by atoms with Crippen LogP contribution in [0.3, 0.4) is 0 Å². The Hall–Kier alpha value is -2.71. The Kier molecular flexibility index (Phi) is 7.63. The summed E-state index contributed by atoms with van der Waals surface area (Å²) >= 11 is 18.0. The average molecular weight is 602 g/mol. The van der Waals surface area contributed by atoms with Crippen molar-refractivity contribution in [1.29, 1.82) is 0 Å². The molecule has 0 radical (unpaired) electrons. The summed E-state index contributed by atoms with van der Waals surface area (Å²) in [6, 6.07) is 4.02. The maximum atomic E-state index is 14.0. The van der Waals surface area contributed by atoms with Crippen molar-refractivity contribution in [3.8, 4) is 16.9 Å². The summed E-state index contributed by atoms with van der Waals surface area (Å²) < 4.78 is 36.5. The van der Waals surface area contributed by atoms with Crippen LogP contribution in [0.2, 0.25) is 15.1 Å². The molecule has 0 saturated carbocycles. The molecule has 3 heterocycles. The molecule has 0 bridgehead atoms. The lowest BCUT2D eigenvalue weighted by atomic mass is 9.92. The van der Waals surface area contributed by atoms with Crippen LogP contribution in [0, 0.1) is 25.5 Å². The molecule has 0 aliphatic carbocycles. The fourth-order valence-electron chi connectivity index (χ4n) is 4.54. The molecule has 1 fully saturated rings. The molecule has 5 atom stereocenters. The number of aliphatic hydroxyl groups excluding tert-OH is 3. The van der Waals surface area contributed by atoms with Gasteiger partial charge in [-0.1, -0.05) is 40.0 Å². The zero-order chi connectivity index (χ0) is 28.2. The van der Waals surface area contributed by atoms with E-state index in [0.29, 0.717) is 22.1 Å². The lowest BCUT2D eigenvalue weighted by molar-refractivity contribution is -0.210. The predicted octanol–water partition coefficient (Wildman–Crippen LogP) is 3.78. The van der Waals surface area contributed by atoms with Gasteiger partial charge < -0.3 is 20.1 Å². The molecule has 4 aromatic rings. The maximum absolute atomic E-state index is 14.0. The number of aryl methyl sites for hydroxylation is 2. The van der Waals surface area contributed by atoms with Gasteiger partial charge in [-0.05, 0) is 43.7 Å². The summed E-state index contributed by atoms with van der Waals surface area (Å²) in [5.41, 5.74) is 1.32. The zero-order valence-electron chi connectivity index (χ0n) is 20.3. The summed E-state index contributed by atoms with van der Waals surface area (Å²) in [6.07, 6.45) is -4.00. The third-order valence-electron chi connectivity index (χ3n) is 6.45. The van der Waals surface area contributed by atoms with Gasteiger partial charge in [0.1, 0.15) is 58.6 Å². The Morgan fingerprint density at radius 2 is 1.67 bits per heavy atom. The van der Waals surface area contributed by atoms with E-state index in [-0.39, 0.29) is 22.1 Å². The van der Waals surface area contributed by atoms with Crippen LogP contribution in [-0.4, -0.2) is 70.0 Å². The van der Waals surface area contributed by atoms with Crippen molar-refractivity contribution in [3.63, 3.8) is 0 Å². The van der Waals surface area contributed by atoms with Crippen molar-refractivity contribution in [2.45, 2.75) is 44.3 Å². The largest absolute Gasteiger partial charge is 0.394 e. The summed E-state index contributed by atoms with van der Waals surface area (Å²) in [6.45, 7) is 2.83. The second-order valence-electron chi connectivity index (χ2n) is 9.07. The number of aromatic nitrogens is 6. The van der Waals surface area contributed by atoms with Gasteiger partial charge in [0.15, 0.2) is 5.82 Å². The number of hydrogen-bond acceptors (Lipinski definition) is 8. The summed E-state index contributed by atoms with van der Waals surface area (Å²) in [5.74, 6) is -1.46. The molecule has 39 heavy (non-hydrogen) atoms. The molecule has 2 aromatic carbocycles. The molecule has 1 aliphatic rings. The minimum atomic E-state index is -1.48. The number of nitrogens with zero attached hydrogens (tertiary/aromatic N) is 6. The van der Waals surface area contributed by atoms with Gasteiger partial charge in [0, 0.05) is 5.56 Å². The highest BCUT2D eigenvalue weighted by atomic mass is 35.5. The lowest BCUT2D eigenvalue weighted by Crippen LogP contribution is -2.53. The number of hydrogen-bond donors (Lipinski definition) is 3. The first-order valence-corrected chi connectivity index (χ1v) is 12.7. The van der Waals surface area contributed by atoms with Crippen LogP contribution >= 0.6 is 34.8 Å². The van der Waals surface area contributed by atoms with Crippen molar-refractivity contribution < 1.29 is 28.8 Å². The topological polar surface area (TPSA) is 131 Å². The maximum Gasteiger partial charge on any atom is 0.164 e. The molecule has 3 N–H and O–H groups in total. The molecule has 0 unspecified atom stereocenters. The molecular formula is C24H21Cl3F2N6O4. The predicted molar refractivity (Wildman–Crippen MR) is 137 cm³/mol. The third-order valence-corrected chi connectivity index (χ3v) is 7.53. The minimum absolute atomic E-state index is 0.0393. The van der Waals surface area contributed by atoms with Crippen LogP contribution in [-0.2, 0) is 4.74 Å². The normalized spacial score (nSPS) is 23.4. The van der Waals surface area contributed by atoms with Gasteiger partial charge in [-0.2, -0.15) is 5.10 Å². The van der Waals surface area contributed by atoms with Crippen LogP contribution in [0.25, 0.3) is 16.9 Å². The molecule has 5 rings (SSSR count). The van der Waals surface area contributed by atoms with Gasteiger partial charge in [0.05, 0.1) is 28.5 Å². The minimum Gasteiger partial charge on any atom is -0.394 e. The standard InChI is InChI=1S/C24H21Cl3F2N6O4/c1-9-3-12(25)13(26)6-17(9)35-24(30-10(2)32-35)23-22(38)20(21(37)18(8-36)39-23)34-7-16(31-33-34)11-4-14(28)19(27)15(29)5-11/h3-7,18,20-23,36-38H,8H2,1-2H3/t18-,20+,21+,22-,23-/m1/s1. The molecule has 10 nitrogen and oxygen atoms in total. The molecule has 15 heteroatoms. The monoisotopic (exact) mass is 600 g/mol. The van der Waals surface area contributed by atoms with Crippen LogP contribution < -0.4 is 0 Å². The summed E-state index contributed by atoms with van der Waals surface area (Å²) in [5, 5.41) is 44.7. The Morgan fingerprint density at radius 3 is 2.33 bits per heavy atom. The van der Waals surface area contributed by atoms with E-state index in [1.807, 2.05) is 0 Å². The molecule has 1 aliphatic heterocycles. The van der Waals surface area contributed by atoms with Gasteiger partial charge in [-0.25, -0.2) is 23.1 Å². The van der Waals surface area contributed by atoms with Gasteiger partial charge >= 0.3 is 0 Å². The van der Waals surface area contributed by atoms with Gasteiger partial charge in [0.2, 0.25) is 0 Å². The second-order valence-corrected chi connectivity index (χ2v) is 10.3. The number of rotatable bonds is 5. The first-order valence-electron chi connectivity index (χ1n) is 11.6. The average Bonchev–Trinajstić information content (AvgIpc) is 3.52. The fraction of sp³-hybridized carbons (Fsp3) is 0.333. The first kappa shape index (κ1) is 27.8. The zero-order valence-corrected chi connectivity index (χ0v) is 22.6. The van der Waals surface area contributed by atoms with E-state index in [9.17, 15) is 24.1 Å². The van der Waals surface area contributed by atoms with Crippen molar-refractivity contribution in [3.05, 3.63) is 74.4 Å². The number of aliphatic hydroxyl groups is 3. The van der Waals surface area contributed by atoms with Crippen molar-refractivity contribution in [2.24, 2.45) is 0 Å².